The molecule has 1 fully saturated rings. The zero-order chi connectivity index (χ0) is 17.6. The quantitative estimate of drug-likeness (QED) is 0.773. The van der Waals surface area contributed by atoms with E-state index in [4.69, 9.17) is 5.73 Å². The smallest absolute Gasteiger partial charge is 0.390 e. The van der Waals surface area contributed by atoms with Gasteiger partial charge in [0.1, 0.15) is 5.82 Å². The highest BCUT2D eigenvalue weighted by Gasteiger charge is 2.33. The minimum Gasteiger partial charge on any atom is -0.390 e. The Bertz CT molecular complexity index is 483. The molecule has 1 aromatic rings. The van der Waals surface area contributed by atoms with E-state index in [-0.39, 0.29) is 5.82 Å². The van der Waals surface area contributed by atoms with Crippen molar-refractivity contribution in [1.29, 1.82) is 0 Å². The van der Waals surface area contributed by atoms with Crippen molar-refractivity contribution in [3.63, 3.8) is 0 Å². The Hall–Kier alpha value is -1.41. The standard InChI is InChI=1S/C10H20O2.C5H4F3N3/c1-7(2)6-8-4-3-5-9(11)10(8)12;6-5(7,8)3-1-10-2-4(9)11-3/h7-12H,3-6H2,1-2H3;1-2H,(H2,9,11). The lowest BCUT2D eigenvalue weighted by Gasteiger charge is -2.32. The van der Waals surface area contributed by atoms with Crippen LogP contribution in [0.1, 0.15) is 45.2 Å². The molecular formula is C15H24F3N3O2. The van der Waals surface area contributed by atoms with Gasteiger partial charge in [0.15, 0.2) is 5.69 Å². The molecule has 1 aromatic heterocycles. The van der Waals surface area contributed by atoms with Gasteiger partial charge < -0.3 is 15.9 Å². The van der Waals surface area contributed by atoms with Gasteiger partial charge in [0, 0.05) is 0 Å². The van der Waals surface area contributed by atoms with E-state index < -0.39 is 24.1 Å². The van der Waals surface area contributed by atoms with Gasteiger partial charge in [0.25, 0.3) is 0 Å². The number of alkyl halides is 3. The summed E-state index contributed by atoms with van der Waals surface area (Å²) in [5, 5.41) is 19.0. The zero-order valence-corrected chi connectivity index (χ0v) is 13.3. The summed E-state index contributed by atoms with van der Waals surface area (Å²) >= 11 is 0. The average Bonchev–Trinajstić information content (AvgIpc) is 2.43. The molecule has 1 aliphatic carbocycles. The molecule has 4 N–H and O–H groups in total. The molecule has 1 heterocycles. The van der Waals surface area contributed by atoms with Crippen LogP contribution in [0, 0.1) is 11.8 Å². The maximum Gasteiger partial charge on any atom is 0.434 e. The summed E-state index contributed by atoms with van der Waals surface area (Å²) in [6.45, 7) is 4.32. The molecule has 3 unspecified atom stereocenters. The third-order valence-electron chi connectivity index (χ3n) is 3.67. The number of halogens is 3. The molecule has 8 heteroatoms. The molecule has 0 aromatic carbocycles. The summed E-state index contributed by atoms with van der Waals surface area (Å²) in [4.78, 5) is 6.28. The van der Waals surface area contributed by atoms with Crippen LogP contribution < -0.4 is 5.73 Å². The number of aromatic nitrogens is 2. The number of rotatable bonds is 2. The van der Waals surface area contributed by atoms with E-state index >= 15 is 0 Å². The molecule has 3 atom stereocenters. The molecule has 1 saturated carbocycles. The second-order valence-electron chi connectivity index (χ2n) is 6.21. The number of nitrogens with zero attached hydrogens (tertiary/aromatic N) is 2. The molecule has 132 valence electrons. The van der Waals surface area contributed by atoms with Crippen molar-refractivity contribution in [1.82, 2.24) is 9.97 Å². The van der Waals surface area contributed by atoms with Gasteiger partial charge in [-0.3, -0.25) is 4.98 Å². The van der Waals surface area contributed by atoms with Crippen LogP contribution in [0.2, 0.25) is 0 Å². The lowest BCUT2D eigenvalue weighted by molar-refractivity contribution is -0.141. The van der Waals surface area contributed by atoms with Gasteiger partial charge in [-0.1, -0.05) is 20.3 Å². The summed E-state index contributed by atoms with van der Waals surface area (Å²) in [7, 11) is 0. The van der Waals surface area contributed by atoms with Gasteiger partial charge in [0.2, 0.25) is 0 Å². The van der Waals surface area contributed by atoms with Crippen molar-refractivity contribution in [2.75, 3.05) is 5.73 Å². The SMILES string of the molecule is CC(C)CC1CCCC(O)C1O.Nc1cncc(C(F)(F)F)n1. The normalized spacial score (nSPS) is 25.0. The maximum absolute atomic E-state index is 11.8. The first-order valence-corrected chi connectivity index (χ1v) is 7.62. The minimum atomic E-state index is -4.47. The van der Waals surface area contributed by atoms with Gasteiger partial charge in [-0.15, -0.1) is 0 Å². The highest BCUT2D eigenvalue weighted by Crippen LogP contribution is 2.29. The molecule has 0 amide bonds. The Morgan fingerprint density at radius 3 is 2.39 bits per heavy atom. The van der Waals surface area contributed by atoms with Crippen LogP contribution in [0.25, 0.3) is 0 Å². The number of aliphatic hydroxyl groups is 2. The fourth-order valence-corrected chi connectivity index (χ4v) is 2.63. The highest BCUT2D eigenvalue weighted by atomic mass is 19.4. The molecular weight excluding hydrogens is 311 g/mol. The van der Waals surface area contributed by atoms with Crippen LogP contribution in [0.5, 0.6) is 0 Å². The number of nitrogens with two attached hydrogens (primary N) is 1. The van der Waals surface area contributed by atoms with Gasteiger partial charge >= 0.3 is 6.18 Å². The van der Waals surface area contributed by atoms with E-state index in [1.54, 1.807) is 0 Å². The monoisotopic (exact) mass is 335 g/mol. The Morgan fingerprint density at radius 2 is 1.91 bits per heavy atom. The topological polar surface area (TPSA) is 92.3 Å². The summed E-state index contributed by atoms with van der Waals surface area (Å²) < 4.78 is 35.4. The van der Waals surface area contributed by atoms with E-state index in [1.807, 2.05) is 0 Å². The predicted octanol–water partition coefficient (Wildman–Crippen LogP) is 2.63. The largest absolute Gasteiger partial charge is 0.434 e. The van der Waals surface area contributed by atoms with Crippen LogP contribution in [0.3, 0.4) is 0 Å². The molecule has 2 rings (SSSR count). The number of anilines is 1. The molecule has 0 spiro atoms. The van der Waals surface area contributed by atoms with Gasteiger partial charge in [-0.05, 0) is 31.1 Å². The minimum absolute atomic E-state index is 0.236. The molecule has 5 nitrogen and oxygen atoms in total. The summed E-state index contributed by atoms with van der Waals surface area (Å²) in [5.41, 5.74) is 3.91. The van der Waals surface area contributed by atoms with E-state index in [9.17, 15) is 23.4 Å². The van der Waals surface area contributed by atoms with Crippen molar-refractivity contribution in [3.05, 3.63) is 18.1 Å². The van der Waals surface area contributed by atoms with Crippen LogP contribution in [-0.4, -0.2) is 32.4 Å². The van der Waals surface area contributed by atoms with Gasteiger partial charge in [-0.25, -0.2) is 4.98 Å². The lowest BCUT2D eigenvalue weighted by atomic mass is 9.80. The number of aliphatic hydroxyl groups excluding tert-OH is 2. The third kappa shape index (κ3) is 6.70. The Balaban J connectivity index is 0.000000231. The van der Waals surface area contributed by atoms with Crippen molar-refractivity contribution in [3.8, 4) is 0 Å². The third-order valence-corrected chi connectivity index (χ3v) is 3.67. The maximum atomic E-state index is 11.8. The second-order valence-corrected chi connectivity index (χ2v) is 6.21. The van der Waals surface area contributed by atoms with E-state index in [0.717, 1.165) is 31.9 Å². The molecule has 0 aliphatic heterocycles. The lowest BCUT2D eigenvalue weighted by Crippen LogP contribution is -2.37. The zero-order valence-electron chi connectivity index (χ0n) is 13.3. The molecule has 23 heavy (non-hydrogen) atoms. The van der Waals surface area contributed by atoms with E-state index in [0.29, 0.717) is 18.0 Å². The van der Waals surface area contributed by atoms with Crippen molar-refractivity contribution in [2.45, 2.75) is 57.9 Å². The fourth-order valence-electron chi connectivity index (χ4n) is 2.63. The first-order chi connectivity index (χ1) is 10.6. The van der Waals surface area contributed by atoms with E-state index in [1.165, 1.54) is 0 Å². The van der Waals surface area contributed by atoms with E-state index in [2.05, 4.69) is 23.8 Å². The van der Waals surface area contributed by atoms with Crippen molar-refractivity contribution in [2.24, 2.45) is 11.8 Å². The molecule has 0 radical (unpaired) electrons. The molecule has 0 bridgehead atoms. The Kier molecular flexibility index (Phi) is 7.21. The summed E-state index contributed by atoms with van der Waals surface area (Å²) in [5.74, 6) is 0.712. The number of nitrogen functional groups attached to an aromatic ring is 1. The predicted molar refractivity (Wildman–Crippen MR) is 80.3 cm³/mol. The summed E-state index contributed by atoms with van der Waals surface area (Å²) in [6, 6.07) is 0. The first-order valence-electron chi connectivity index (χ1n) is 7.62. The molecule has 1 aliphatic rings. The number of hydrogen-bond donors (Lipinski definition) is 3. The summed E-state index contributed by atoms with van der Waals surface area (Å²) in [6.07, 6.45) is 0.220. The fraction of sp³-hybridized carbons (Fsp3) is 0.733. The number of hydrogen-bond acceptors (Lipinski definition) is 5. The van der Waals surface area contributed by atoms with Crippen LogP contribution in [0.4, 0.5) is 19.0 Å². The van der Waals surface area contributed by atoms with Crippen LogP contribution >= 0.6 is 0 Å². The van der Waals surface area contributed by atoms with Crippen molar-refractivity contribution < 1.29 is 23.4 Å². The van der Waals surface area contributed by atoms with Gasteiger partial charge in [0.05, 0.1) is 24.6 Å². The average molecular weight is 335 g/mol. The van der Waals surface area contributed by atoms with Gasteiger partial charge in [-0.2, -0.15) is 13.2 Å². The second kappa shape index (κ2) is 8.44. The van der Waals surface area contributed by atoms with Crippen LogP contribution in [0.15, 0.2) is 12.4 Å². The molecule has 0 saturated heterocycles. The highest BCUT2D eigenvalue weighted by molar-refractivity contribution is 5.24. The Morgan fingerprint density at radius 1 is 1.26 bits per heavy atom. The Labute approximate surface area is 133 Å². The first kappa shape index (κ1) is 19.6. The van der Waals surface area contributed by atoms with Crippen molar-refractivity contribution >= 4 is 5.82 Å². The van der Waals surface area contributed by atoms with Crippen LogP contribution in [-0.2, 0) is 6.18 Å².